The van der Waals surface area contributed by atoms with Crippen LogP contribution in [0.1, 0.15) is 30.2 Å². The molecule has 138 valence electrons. The molecular weight excluding hydrogens is 345 g/mol. The molecule has 0 spiro atoms. The lowest BCUT2D eigenvalue weighted by atomic mass is 9.80. The van der Waals surface area contributed by atoms with Crippen molar-refractivity contribution in [3.8, 4) is 0 Å². The molecular formula is C20H20BNO5. The van der Waals surface area contributed by atoms with Gasteiger partial charge in [-0.15, -0.1) is 0 Å². The maximum atomic E-state index is 12.4. The van der Waals surface area contributed by atoms with E-state index in [1.54, 1.807) is 4.90 Å². The molecule has 2 aliphatic heterocycles. The third kappa shape index (κ3) is 4.04. The molecule has 2 saturated heterocycles. The Labute approximate surface area is 158 Å². The number of benzene rings is 2. The van der Waals surface area contributed by atoms with Crippen molar-refractivity contribution in [3.05, 3.63) is 71.8 Å². The summed E-state index contributed by atoms with van der Waals surface area (Å²) in [5, 5.41) is 0. The highest BCUT2D eigenvalue weighted by molar-refractivity contribution is 6.51. The summed E-state index contributed by atoms with van der Waals surface area (Å²) in [6.45, 7) is 1.99. The average Bonchev–Trinajstić information content (AvgIpc) is 3.47. The van der Waals surface area contributed by atoms with Crippen molar-refractivity contribution in [2.24, 2.45) is 0 Å². The summed E-state index contributed by atoms with van der Waals surface area (Å²) in [4.78, 5) is 26.5. The second-order valence-electron chi connectivity index (χ2n) is 6.77. The van der Waals surface area contributed by atoms with Crippen LogP contribution >= 0.6 is 0 Å². The molecule has 4 rings (SSSR count). The molecule has 7 heteroatoms. The van der Waals surface area contributed by atoms with Gasteiger partial charge in [-0.1, -0.05) is 60.7 Å². The maximum absolute atomic E-state index is 12.4. The van der Waals surface area contributed by atoms with E-state index in [1.165, 1.54) is 0 Å². The van der Waals surface area contributed by atoms with Gasteiger partial charge in [-0.25, -0.2) is 0 Å². The highest BCUT2D eigenvalue weighted by atomic mass is 16.7. The van der Waals surface area contributed by atoms with Crippen LogP contribution in [0.25, 0.3) is 0 Å². The van der Waals surface area contributed by atoms with Gasteiger partial charge in [0.25, 0.3) is 0 Å². The Morgan fingerprint density at radius 1 is 0.926 bits per heavy atom. The van der Waals surface area contributed by atoms with Crippen LogP contribution in [0, 0.1) is 0 Å². The molecule has 6 nitrogen and oxygen atoms in total. The van der Waals surface area contributed by atoms with Gasteiger partial charge >= 0.3 is 19.1 Å². The van der Waals surface area contributed by atoms with Crippen molar-refractivity contribution >= 4 is 19.1 Å². The summed E-state index contributed by atoms with van der Waals surface area (Å²) in [5.41, 5.74) is 1.99. The van der Waals surface area contributed by atoms with Gasteiger partial charge in [-0.3, -0.25) is 14.5 Å². The quantitative estimate of drug-likeness (QED) is 0.612. The zero-order valence-electron chi connectivity index (χ0n) is 15.0. The highest BCUT2D eigenvalue weighted by Gasteiger charge is 2.56. The Bertz CT molecular complexity index is 796. The van der Waals surface area contributed by atoms with Crippen LogP contribution < -0.4 is 0 Å². The second-order valence-corrected chi connectivity index (χ2v) is 6.77. The molecule has 0 aromatic heterocycles. The van der Waals surface area contributed by atoms with Gasteiger partial charge in [-0.05, 0) is 18.1 Å². The summed E-state index contributed by atoms with van der Waals surface area (Å²) in [7, 11) is -1.01. The molecule has 3 atom stereocenters. The minimum atomic E-state index is -1.01. The molecule has 2 aromatic rings. The van der Waals surface area contributed by atoms with Crippen LogP contribution in [0.5, 0.6) is 0 Å². The van der Waals surface area contributed by atoms with E-state index in [1.807, 2.05) is 67.6 Å². The van der Waals surface area contributed by atoms with E-state index in [9.17, 15) is 9.59 Å². The molecule has 27 heavy (non-hydrogen) atoms. The predicted molar refractivity (Wildman–Crippen MR) is 98.4 cm³/mol. The molecule has 3 unspecified atom stereocenters. The molecule has 0 radical (unpaired) electrons. The van der Waals surface area contributed by atoms with Crippen LogP contribution in [-0.4, -0.2) is 43.0 Å². The van der Waals surface area contributed by atoms with Gasteiger partial charge in [0.15, 0.2) is 6.00 Å². The fraction of sp³-hybridized carbons (Fsp3) is 0.300. The summed E-state index contributed by atoms with van der Waals surface area (Å²) in [5.74, 6) is -0.866. The minimum absolute atomic E-state index is 0.0182. The molecule has 2 aromatic carbocycles. The molecule has 0 amide bonds. The monoisotopic (exact) mass is 365 g/mol. The first-order chi connectivity index (χ1) is 13.1. The molecule has 2 aliphatic rings. The normalized spacial score (nSPS) is 24.4. The van der Waals surface area contributed by atoms with Crippen LogP contribution in [-0.2, 0) is 23.6 Å². The Hall–Kier alpha value is -2.64. The largest absolute Gasteiger partial charge is 0.632 e. The van der Waals surface area contributed by atoms with Crippen LogP contribution in [0.15, 0.2) is 60.7 Å². The van der Waals surface area contributed by atoms with Gasteiger partial charge in [0.1, 0.15) is 6.10 Å². The second kappa shape index (κ2) is 7.54. The summed E-state index contributed by atoms with van der Waals surface area (Å²) in [6, 6.07) is 18.7. The van der Waals surface area contributed by atoms with E-state index in [0.717, 1.165) is 11.1 Å². The Balaban J connectivity index is 1.42. The molecule has 2 heterocycles. The number of rotatable bonds is 4. The first-order valence-electron chi connectivity index (χ1n) is 9.00. The lowest BCUT2D eigenvalue weighted by Gasteiger charge is -2.30. The summed E-state index contributed by atoms with van der Waals surface area (Å²) >= 11 is 0. The summed E-state index contributed by atoms with van der Waals surface area (Å²) in [6.07, 6.45) is -0.226. The van der Waals surface area contributed by atoms with Crippen molar-refractivity contribution in [1.29, 1.82) is 0 Å². The smallest absolute Gasteiger partial charge is 0.496 e. The average molecular weight is 365 g/mol. The van der Waals surface area contributed by atoms with E-state index in [2.05, 4.69) is 0 Å². The third-order valence-corrected chi connectivity index (χ3v) is 4.91. The van der Waals surface area contributed by atoms with Gasteiger partial charge in [0, 0.05) is 6.04 Å². The van der Waals surface area contributed by atoms with E-state index < -0.39 is 25.1 Å². The number of ether oxygens (including phenoxy) is 1. The number of hydrogen-bond acceptors (Lipinski definition) is 6. The lowest BCUT2D eigenvalue weighted by molar-refractivity contribution is -0.147. The standard InChI is InChI=1S/C20H20BNO5/c1-14(15-8-4-2-5-9-15)22-12-17(23)26-21(27-18(24)13-22)20-19(25-20)16-10-6-3-7-11-16/h2-11,14,19-20H,12-13H2,1H3. The van der Waals surface area contributed by atoms with E-state index in [-0.39, 0.29) is 25.2 Å². The van der Waals surface area contributed by atoms with E-state index in [0.29, 0.717) is 0 Å². The summed E-state index contributed by atoms with van der Waals surface area (Å²) < 4.78 is 16.4. The van der Waals surface area contributed by atoms with Crippen molar-refractivity contribution in [1.82, 2.24) is 4.90 Å². The molecule has 0 N–H and O–H groups in total. The lowest BCUT2D eigenvalue weighted by Crippen LogP contribution is -2.47. The highest BCUT2D eigenvalue weighted by Crippen LogP contribution is 2.41. The number of nitrogens with zero attached hydrogens (tertiary/aromatic N) is 1. The fourth-order valence-electron chi connectivity index (χ4n) is 3.34. The van der Waals surface area contributed by atoms with Crippen molar-refractivity contribution < 1.29 is 23.6 Å². The zero-order valence-corrected chi connectivity index (χ0v) is 15.0. The first-order valence-corrected chi connectivity index (χ1v) is 9.00. The Kier molecular flexibility index (Phi) is 4.96. The van der Waals surface area contributed by atoms with E-state index >= 15 is 0 Å². The molecule has 0 bridgehead atoms. The van der Waals surface area contributed by atoms with Crippen LogP contribution in [0.3, 0.4) is 0 Å². The zero-order chi connectivity index (χ0) is 18.8. The number of hydrogen-bond donors (Lipinski definition) is 0. The SMILES string of the molecule is CC(c1ccccc1)N1CC(=O)OB(C2OC2c2ccccc2)OC(=O)C1. The molecule has 0 saturated carbocycles. The third-order valence-electron chi connectivity index (χ3n) is 4.91. The van der Waals surface area contributed by atoms with Gasteiger partial charge < -0.3 is 14.0 Å². The van der Waals surface area contributed by atoms with Gasteiger partial charge in [-0.2, -0.15) is 0 Å². The Morgan fingerprint density at radius 3 is 2.07 bits per heavy atom. The van der Waals surface area contributed by atoms with Crippen molar-refractivity contribution in [3.63, 3.8) is 0 Å². The molecule has 0 aliphatic carbocycles. The molecule has 2 fully saturated rings. The topological polar surface area (TPSA) is 68.4 Å². The minimum Gasteiger partial charge on any atom is -0.496 e. The number of carbonyl (C=O) groups excluding carboxylic acids is 2. The Morgan fingerprint density at radius 2 is 1.48 bits per heavy atom. The van der Waals surface area contributed by atoms with E-state index in [4.69, 9.17) is 14.0 Å². The van der Waals surface area contributed by atoms with Crippen LogP contribution in [0.4, 0.5) is 0 Å². The van der Waals surface area contributed by atoms with Crippen molar-refractivity contribution in [2.45, 2.75) is 25.1 Å². The predicted octanol–water partition coefficient (Wildman–Crippen LogP) is 2.32. The number of epoxide rings is 1. The maximum Gasteiger partial charge on any atom is 0.632 e. The van der Waals surface area contributed by atoms with Crippen molar-refractivity contribution in [2.75, 3.05) is 13.1 Å². The van der Waals surface area contributed by atoms with Crippen LogP contribution in [0.2, 0.25) is 0 Å². The van der Waals surface area contributed by atoms with Gasteiger partial charge in [0.05, 0.1) is 13.1 Å². The number of carbonyl (C=O) groups is 2. The van der Waals surface area contributed by atoms with Gasteiger partial charge in [0.2, 0.25) is 0 Å². The first kappa shape index (κ1) is 17.8. The fourth-order valence-corrected chi connectivity index (χ4v) is 3.34.